The van der Waals surface area contributed by atoms with Crippen molar-refractivity contribution < 1.29 is 23.7 Å². The normalized spacial score (nSPS) is 16.6. The molecule has 190 valence electrons. The number of rotatable bonds is 8. The number of ether oxygens (including phenoxy) is 4. The Hall–Kier alpha value is -3.91. The number of aryl methyl sites for hydroxylation is 1. The number of hydrogen-bond acceptors (Lipinski definition) is 7. The quantitative estimate of drug-likeness (QED) is 0.333. The molecule has 3 aromatic carbocycles. The van der Waals surface area contributed by atoms with Gasteiger partial charge in [0.2, 0.25) is 6.79 Å². The number of amidine groups is 1. The van der Waals surface area contributed by atoms with E-state index < -0.39 is 0 Å². The molecule has 0 unspecified atom stereocenters. The van der Waals surface area contributed by atoms with Gasteiger partial charge in [-0.05, 0) is 78.2 Å². The van der Waals surface area contributed by atoms with Crippen LogP contribution in [0.4, 0.5) is 5.69 Å². The second-order valence-corrected chi connectivity index (χ2v) is 9.43. The van der Waals surface area contributed by atoms with E-state index in [0.29, 0.717) is 34.7 Å². The van der Waals surface area contributed by atoms with Gasteiger partial charge in [-0.2, -0.15) is 0 Å². The first-order valence-corrected chi connectivity index (χ1v) is 13.0. The fourth-order valence-corrected chi connectivity index (χ4v) is 5.18. The number of hydrogen-bond donors (Lipinski definition) is 0. The first-order valence-electron chi connectivity index (χ1n) is 12.2. The van der Waals surface area contributed by atoms with Crippen LogP contribution in [0.3, 0.4) is 0 Å². The van der Waals surface area contributed by atoms with Gasteiger partial charge >= 0.3 is 0 Å². The van der Waals surface area contributed by atoms with E-state index in [-0.39, 0.29) is 12.7 Å². The van der Waals surface area contributed by atoms with Crippen molar-refractivity contribution in [3.8, 4) is 23.0 Å². The van der Waals surface area contributed by atoms with Crippen molar-refractivity contribution >= 4 is 34.6 Å². The number of fused-ring (bicyclic) bond motifs is 1. The van der Waals surface area contributed by atoms with Gasteiger partial charge in [0.25, 0.3) is 5.91 Å². The minimum Gasteiger partial charge on any atom is -0.493 e. The van der Waals surface area contributed by atoms with Crippen LogP contribution in [-0.4, -0.2) is 36.4 Å². The molecule has 2 aliphatic rings. The van der Waals surface area contributed by atoms with E-state index >= 15 is 0 Å². The molecule has 37 heavy (non-hydrogen) atoms. The van der Waals surface area contributed by atoms with Crippen LogP contribution in [0.25, 0.3) is 6.08 Å². The molecule has 1 saturated heterocycles. The number of likely N-dealkylation sites (N-methyl/N-ethyl adjacent to an activating group) is 1. The molecule has 7 nitrogen and oxygen atoms in total. The highest BCUT2D eigenvalue weighted by Crippen LogP contribution is 2.37. The Balaban J connectivity index is 1.34. The number of carbonyl (C=O) groups is 1. The van der Waals surface area contributed by atoms with Crippen LogP contribution in [0.2, 0.25) is 0 Å². The number of carbonyl (C=O) groups excluding carboxylic acids is 1. The zero-order valence-electron chi connectivity index (χ0n) is 21.0. The number of para-hydroxylation sites is 1. The molecule has 0 aromatic heterocycles. The van der Waals surface area contributed by atoms with Crippen molar-refractivity contribution in [3.63, 3.8) is 0 Å². The Morgan fingerprint density at radius 3 is 2.68 bits per heavy atom. The minimum absolute atomic E-state index is 0.0534. The Labute approximate surface area is 220 Å². The molecule has 5 rings (SSSR count). The van der Waals surface area contributed by atoms with Gasteiger partial charge in [-0.1, -0.05) is 37.3 Å². The Bertz CT molecular complexity index is 1380. The molecule has 2 heterocycles. The number of methoxy groups -OCH3 is 1. The maximum absolute atomic E-state index is 13.1. The van der Waals surface area contributed by atoms with Gasteiger partial charge in [0.15, 0.2) is 28.2 Å². The lowest BCUT2D eigenvalue weighted by Crippen LogP contribution is -2.28. The average Bonchev–Trinajstić information content (AvgIpc) is 3.51. The highest BCUT2D eigenvalue weighted by atomic mass is 32.2. The van der Waals surface area contributed by atoms with Gasteiger partial charge in [-0.25, -0.2) is 4.99 Å². The van der Waals surface area contributed by atoms with E-state index in [0.717, 1.165) is 40.3 Å². The highest BCUT2D eigenvalue weighted by Gasteiger charge is 2.32. The Kier molecular flexibility index (Phi) is 7.37. The van der Waals surface area contributed by atoms with E-state index in [4.69, 9.17) is 23.9 Å². The fraction of sp³-hybridized carbons (Fsp3) is 0.241. The van der Waals surface area contributed by atoms with Crippen molar-refractivity contribution in [2.45, 2.75) is 26.9 Å². The standard InChI is InChI=1S/C29H28N2O5S/c1-4-21-8-6-7-9-22(21)30-29-31(5-2)28(32)27(37-29)16-19-10-12-23(25(14-19)33-3)34-17-20-11-13-24-26(15-20)36-18-35-24/h6-16H,4-5,17-18H2,1-3H3/b27-16+,30-29?. The molecule has 8 heteroatoms. The largest absolute Gasteiger partial charge is 0.493 e. The summed E-state index contributed by atoms with van der Waals surface area (Å²) in [5, 5.41) is 0.690. The zero-order valence-corrected chi connectivity index (χ0v) is 21.8. The van der Waals surface area contributed by atoms with Crippen molar-refractivity contribution in [2.24, 2.45) is 4.99 Å². The minimum atomic E-state index is -0.0534. The molecule has 0 spiro atoms. The van der Waals surface area contributed by atoms with Crippen molar-refractivity contribution in [1.82, 2.24) is 4.90 Å². The summed E-state index contributed by atoms with van der Waals surface area (Å²) in [4.78, 5) is 20.3. The van der Waals surface area contributed by atoms with Gasteiger partial charge < -0.3 is 18.9 Å². The number of thioether (sulfide) groups is 1. The van der Waals surface area contributed by atoms with Crippen LogP contribution in [-0.2, 0) is 17.8 Å². The molecule has 0 N–H and O–H groups in total. The summed E-state index contributed by atoms with van der Waals surface area (Å²) in [6, 6.07) is 19.4. The molecule has 0 radical (unpaired) electrons. The lowest BCUT2D eigenvalue weighted by Gasteiger charge is -2.13. The molecule has 0 aliphatic carbocycles. The SMILES string of the molecule is CCc1ccccc1N=C1S/C(=C/c2ccc(OCc3ccc4c(c3)OCO4)c(OC)c2)C(=O)N1CC. The van der Waals surface area contributed by atoms with Gasteiger partial charge in [0.1, 0.15) is 6.61 Å². The van der Waals surface area contributed by atoms with Crippen LogP contribution in [0.15, 0.2) is 70.6 Å². The first-order chi connectivity index (χ1) is 18.1. The van der Waals surface area contributed by atoms with Crippen LogP contribution in [0.5, 0.6) is 23.0 Å². The predicted octanol–water partition coefficient (Wildman–Crippen LogP) is 6.19. The molecular weight excluding hydrogens is 488 g/mol. The van der Waals surface area contributed by atoms with E-state index in [9.17, 15) is 4.79 Å². The summed E-state index contributed by atoms with van der Waals surface area (Å²) < 4.78 is 22.4. The average molecular weight is 517 g/mol. The van der Waals surface area contributed by atoms with Crippen LogP contribution in [0, 0.1) is 0 Å². The number of nitrogens with zero attached hydrogens (tertiary/aromatic N) is 2. The summed E-state index contributed by atoms with van der Waals surface area (Å²) in [7, 11) is 1.60. The topological polar surface area (TPSA) is 69.6 Å². The van der Waals surface area contributed by atoms with Crippen molar-refractivity contribution in [3.05, 3.63) is 82.3 Å². The van der Waals surface area contributed by atoms with Crippen LogP contribution in [0.1, 0.15) is 30.5 Å². The Morgan fingerprint density at radius 2 is 1.86 bits per heavy atom. The third-order valence-electron chi connectivity index (χ3n) is 6.11. The lowest BCUT2D eigenvalue weighted by atomic mass is 10.1. The fourth-order valence-electron chi connectivity index (χ4n) is 4.13. The molecule has 0 atom stereocenters. The van der Waals surface area contributed by atoms with Gasteiger partial charge in [-0.3, -0.25) is 9.69 Å². The summed E-state index contributed by atoms with van der Waals surface area (Å²) in [6.07, 6.45) is 2.75. The van der Waals surface area contributed by atoms with Crippen molar-refractivity contribution in [1.29, 1.82) is 0 Å². The van der Waals surface area contributed by atoms with Crippen LogP contribution < -0.4 is 18.9 Å². The third kappa shape index (κ3) is 5.29. The summed E-state index contributed by atoms with van der Waals surface area (Å²) in [5.74, 6) is 2.60. The maximum atomic E-state index is 13.1. The summed E-state index contributed by atoms with van der Waals surface area (Å²) in [5.41, 5.74) is 3.85. The number of amides is 1. The summed E-state index contributed by atoms with van der Waals surface area (Å²) in [6.45, 7) is 5.20. The van der Waals surface area contributed by atoms with Crippen molar-refractivity contribution in [2.75, 3.05) is 20.4 Å². The van der Waals surface area contributed by atoms with Gasteiger partial charge in [-0.15, -0.1) is 0 Å². The zero-order chi connectivity index (χ0) is 25.8. The number of aliphatic imine (C=N–C) groups is 1. The van der Waals surface area contributed by atoms with E-state index in [1.165, 1.54) is 11.8 Å². The summed E-state index contributed by atoms with van der Waals surface area (Å²) >= 11 is 1.39. The van der Waals surface area contributed by atoms with Gasteiger partial charge in [0, 0.05) is 6.54 Å². The molecule has 0 saturated carbocycles. The number of benzene rings is 3. The third-order valence-corrected chi connectivity index (χ3v) is 7.12. The molecular formula is C29H28N2O5S. The highest BCUT2D eigenvalue weighted by molar-refractivity contribution is 8.18. The predicted molar refractivity (Wildman–Crippen MR) is 146 cm³/mol. The maximum Gasteiger partial charge on any atom is 0.266 e. The van der Waals surface area contributed by atoms with E-state index in [1.807, 2.05) is 67.6 Å². The molecule has 3 aromatic rings. The Morgan fingerprint density at radius 1 is 1.03 bits per heavy atom. The first kappa shape index (κ1) is 24.8. The molecule has 1 amide bonds. The second-order valence-electron chi connectivity index (χ2n) is 8.42. The second kappa shape index (κ2) is 11.0. The van der Waals surface area contributed by atoms with Crippen LogP contribution >= 0.6 is 11.8 Å². The lowest BCUT2D eigenvalue weighted by molar-refractivity contribution is -0.122. The molecule has 1 fully saturated rings. The smallest absolute Gasteiger partial charge is 0.266 e. The van der Waals surface area contributed by atoms with E-state index in [2.05, 4.69) is 13.0 Å². The van der Waals surface area contributed by atoms with E-state index in [1.54, 1.807) is 12.0 Å². The van der Waals surface area contributed by atoms with Gasteiger partial charge in [0.05, 0.1) is 17.7 Å². The molecule has 0 bridgehead atoms. The molecule has 2 aliphatic heterocycles. The monoisotopic (exact) mass is 516 g/mol.